The fourth-order valence-electron chi connectivity index (χ4n) is 2.22. The van der Waals surface area contributed by atoms with E-state index in [-0.39, 0.29) is 0 Å². The molecule has 90 valence electrons. The lowest BCUT2D eigenvalue weighted by atomic mass is 10.3. The van der Waals surface area contributed by atoms with E-state index in [1.54, 1.807) is 0 Å². The highest BCUT2D eigenvalue weighted by Crippen LogP contribution is 2.20. The van der Waals surface area contributed by atoms with Gasteiger partial charge in [0, 0.05) is 31.4 Å². The molecule has 2 heterocycles. The first-order valence-electron chi connectivity index (χ1n) is 6.23. The quantitative estimate of drug-likeness (QED) is 0.841. The van der Waals surface area contributed by atoms with Crippen molar-refractivity contribution in [2.24, 2.45) is 0 Å². The molecule has 1 aliphatic heterocycles. The van der Waals surface area contributed by atoms with Gasteiger partial charge in [0.1, 0.15) is 0 Å². The Bertz CT molecular complexity index is 332. The van der Waals surface area contributed by atoms with Gasteiger partial charge in [-0.2, -0.15) is 5.10 Å². The number of anilines is 1. The summed E-state index contributed by atoms with van der Waals surface area (Å²) in [5, 5.41) is 7.89. The Balaban J connectivity index is 1.97. The van der Waals surface area contributed by atoms with Crippen LogP contribution >= 0.6 is 0 Å². The molecule has 1 aromatic rings. The maximum absolute atomic E-state index is 4.39. The lowest BCUT2D eigenvalue weighted by molar-refractivity contribution is 0.532. The highest BCUT2D eigenvalue weighted by molar-refractivity contribution is 5.43. The Kier molecular flexibility index (Phi) is 3.49. The molecule has 0 aromatic carbocycles. The van der Waals surface area contributed by atoms with Crippen LogP contribution in [0.25, 0.3) is 0 Å². The molecule has 1 aliphatic rings. The van der Waals surface area contributed by atoms with Gasteiger partial charge in [0.05, 0.1) is 11.9 Å². The molecule has 1 fully saturated rings. The van der Waals surface area contributed by atoms with Gasteiger partial charge in [0.25, 0.3) is 0 Å². The molecule has 0 radical (unpaired) electrons. The molecule has 4 heteroatoms. The van der Waals surface area contributed by atoms with E-state index >= 15 is 0 Å². The molecule has 0 aliphatic carbocycles. The monoisotopic (exact) mass is 222 g/mol. The van der Waals surface area contributed by atoms with Gasteiger partial charge in [0.2, 0.25) is 0 Å². The first-order chi connectivity index (χ1) is 7.70. The van der Waals surface area contributed by atoms with E-state index in [1.165, 1.54) is 12.1 Å². The SMILES string of the molecule is CCNC1CCN(c2cnn(C(C)C)c2)C1. The first kappa shape index (κ1) is 11.5. The summed E-state index contributed by atoms with van der Waals surface area (Å²) in [7, 11) is 0. The van der Waals surface area contributed by atoms with Gasteiger partial charge in [0.15, 0.2) is 0 Å². The van der Waals surface area contributed by atoms with Gasteiger partial charge < -0.3 is 10.2 Å². The fourth-order valence-corrected chi connectivity index (χ4v) is 2.22. The van der Waals surface area contributed by atoms with Gasteiger partial charge in [-0.3, -0.25) is 4.68 Å². The van der Waals surface area contributed by atoms with Crippen LogP contribution in [-0.4, -0.2) is 35.5 Å². The second kappa shape index (κ2) is 4.87. The topological polar surface area (TPSA) is 33.1 Å². The van der Waals surface area contributed by atoms with Crippen molar-refractivity contribution in [2.45, 2.75) is 39.3 Å². The zero-order valence-corrected chi connectivity index (χ0v) is 10.5. The van der Waals surface area contributed by atoms with Crippen molar-refractivity contribution in [3.63, 3.8) is 0 Å². The highest BCUT2D eigenvalue weighted by atomic mass is 15.3. The average molecular weight is 222 g/mol. The molecule has 1 unspecified atom stereocenters. The molecule has 4 nitrogen and oxygen atoms in total. The molecule has 16 heavy (non-hydrogen) atoms. The molecule has 0 spiro atoms. The predicted octanol–water partition coefficient (Wildman–Crippen LogP) is 1.65. The zero-order valence-electron chi connectivity index (χ0n) is 10.5. The van der Waals surface area contributed by atoms with Crippen LogP contribution in [0.5, 0.6) is 0 Å². The van der Waals surface area contributed by atoms with E-state index in [0.29, 0.717) is 12.1 Å². The Morgan fingerprint density at radius 2 is 2.38 bits per heavy atom. The van der Waals surface area contributed by atoms with E-state index in [0.717, 1.165) is 19.6 Å². The maximum Gasteiger partial charge on any atom is 0.0753 e. The molecule has 1 aromatic heterocycles. The Labute approximate surface area is 97.6 Å². The van der Waals surface area contributed by atoms with E-state index in [1.807, 2.05) is 10.9 Å². The predicted molar refractivity (Wildman–Crippen MR) is 66.9 cm³/mol. The van der Waals surface area contributed by atoms with E-state index < -0.39 is 0 Å². The summed E-state index contributed by atoms with van der Waals surface area (Å²) >= 11 is 0. The smallest absolute Gasteiger partial charge is 0.0753 e. The third kappa shape index (κ3) is 2.38. The van der Waals surface area contributed by atoms with Crippen LogP contribution in [0.1, 0.15) is 33.2 Å². The van der Waals surface area contributed by atoms with Crippen molar-refractivity contribution in [3.8, 4) is 0 Å². The number of likely N-dealkylation sites (N-methyl/N-ethyl adjacent to an activating group) is 1. The second-order valence-corrected chi connectivity index (χ2v) is 4.76. The fraction of sp³-hybridized carbons (Fsp3) is 0.750. The van der Waals surface area contributed by atoms with E-state index in [4.69, 9.17) is 0 Å². The van der Waals surface area contributed by atoms with Crippen molar-refractivity contribution >= 4 is 5.69 Å². The van der Waals surface area contributed by atoms with Gasteiger partial charge in [-0.05, 0) is 26.8 Å². The number of nitrogens with one attached hydrogen (secondary N) is 1. The van der Waals surface area contributed by atoms with Gasteiger partial charge in [-0.1, -0.05) is 6.92 Å². The van der Waals surface area contributed by atoms with Crippen LogP contribution in [-0.2, 0) is 0 Å². The summed E-state index contributed by atoms with van der Waals surface area (Å²) in [6.07, 6.45) is 5.37. The lowest BCUT2D eigenvalue weighted by Gasteiger charge is -2.16. The molecular formula is C12H22N4. The Hall–Kier alpha value is -1.03. The molecule has 0 bridgehead atoms. The zero-order chi connectivity index (χ0) is 11.5. The summed E-state index contributed by atoms with van der Waals surface area (Å²) in [5.74, 6) is 0. The van der Waals surface area contributed by atoms with Gasteiger partial charge in [-0.15, -0.1) is 0 Å². The molecular weight excluding hydrogens is 200 g/mol. The summed E-state index contributed by atoms with van der Waals surface area (Å²) < 4.78 is 2.02. The third-order valence-electron chi connectivity index (χ3n) is 3.16. The summed E-state index contributed by atoms with van der Waals surface area (Å²) in [4.78, 5) is 2.42. The minimum atomic E-state index is 0.445. The number of aromatic nitrogens is 2. The third-order valence-corrected chi connectivity index (χ3v) is 3.16. The molecule has 1 atom stereocenters. The van der Waals surface area contributed by atoms with E-state index in [2.05, 4.69) is 42.3 Å². The minimum Gasteiger partial charge on any atom is -0.367 e. The number of nitrogens with zero attached hydrogens (tertiary/aromatic N) is 3. The number of hydrogen-bond acceptors (Lipinski definition) is 3. The lowest BCUT2D eigenvalue weighted by Crippen LogP contribution is -2.32. The summed E-state index contributed by atoms with van der Waals surface area (Å²) in [6.45, 7) is 9.78. The van der Waals surface area contributed by atoms with Crippen molar-refractivity contribution in [3.05, 3.63) is 12.4 Å². The van der Waals surface area contributed by atoms with Gasteiger partial charge >= 0.3 is 0 Å². The number of hydrogen-bond donors (Lipinski definition) is 1. The molecule has 0 saturated carbocycles. The average Bonchev–Trinajstić information content (AvgIpc) is 2.84. The van der Waals surface area contributed by atoms with E-state index in [9.17, 15) is 0 Å². The van der Waals surface area contributed by atoms with Crippen LogP contribution in [0.15, 0.2) is 12.4 Å². The summed E-state index contributed by atoms with van der Waals surface area (Å²) in [5.41, 5.74) is 1.26. The van der Waals surface area contributed by atoms with Crippen LogP contribution in [0.4, 0.5) is 5.69 Å². The Morgan fingerprint density at radius 1 is 1.56 bits per heavy atom. The Morgan fingerprint density at radius 3 is 3.00 bits per heavy atom. The van der Waals surface area contributed by atoms with Gasteiger partial charge in [-0.25, -0.2) is 0 Å². The minimum absolute atomic E-state index is 0.445. The second-order valence-electron chi connectivity index (χ2n) is 4.76. The standard InChI is InChI=1S/C12H22N4/c1-4-13-11-5-6-15(8-11)12-7-14-16(9-12)10(2)3/h7,9-11,13H,4-6,8H2,1-3H3. The normalized spacial score (nSPS) is 21.0. The molecule has 1 saturated heterocycles. The summed E-state index contributed by atoms with van der Waals surface area (Å²) in [6, 6.07) is 1.09. The molecule has 0 amide bonds. The van der Waals surface area contributed by atoms with Crippen LogP contribution in [0.2, 0.25) is 0 Å². The molecule has 1 N–H and O–H groups in total. The van der Waals surface area contributed by atoms with Crippen molar-refractivity contribution in [2.75, 3.05) is 24.5 Å². The van der Waals surface area contributed by atoms with Crippen molar-refractivity contribution < 1.29 is 0 Å². The highest BCUT2D eigenvalue weighted by Gasteiger charge is 2.22. The van der Waals surface area contributed by atoms with Crippen LogP contribution < -0.4 is 10.2 Å². The first-order valence-corrected chi connectivity index (χ1v) is 6.23. The molecule has 2 rings (SSSR count). The number of rotatable bonds is 4. The maximum atomic E-state index is 4.39. The largest absolute Gasteiger partial charge is 0.367 e. The van der Waals surface area contributed by atoms with Crippen molar-refractivity contribution in [1.82, 2.24) is 15.1 Å². The van der Waals surface area contributed by atoms with Crippen LogP contribution in [0.3, 0.4) is 0 Å². The van der Waals surface area contributed by atoms with Crippen molar-refractivity contribution in [1.29, 1.82) is 0 Å². The van der Waals surface area contributed by atoms with Crippen LogP contribution in [0, 0.1) is 0 Å².